The minimum absolute atomic E-state index is 1.19. The van der Waals surface area contributed by atoms with E-state index in [-0.39, 0.29) is 0 Å². The van der Waals surface area contributed by atoms with Gasteiger partial charge in [-0.05, 0) is 20.0 Å². The van der Waals surface area contributed by atoms with Crippen LogP contribution in [0.25, 0.3) is 0 Å². The second-order valence-electron chi connectivity index (χ2n) is 7.82. The van der Waals surface area contributed by atoms with Gasteiger partial charge in [0.2, 0.25) is 0 Å². The highest BCUT2D eigenvalue weighted by Gasteiger charge is 1.95. The van der Waals surface area contributed by atoms with E-state index in [2.05, 4.69) is 19.3 Å². The fourth-order valence-electron chi connectivity index (χ4n) is 3.56. The fraction of sp³-hybridized carbons (Fsp3) is 1.00. The largest absolute Gasteiger partial charge is 0.320 e. The standard InChI is InChI=1S/C23H49N/c1-3-4-5-6-7-8-9-10-11-12-13-14-15-16-17-18-19-20-21-22-23-24-2/h24H,3-23H2,1-2H3. The van der Waals surface area contributed by atoms with Crippen molar-refractivity contribution in [2.24, 2.45) is 0 Å². The lowest BCUT2D eigenvalue weighted by atomic mass is 10.0. The van der Waals surface area contributed by atoms with Crippen LogP contribution >= 0.6 is 0 Å². The molecule has 1 heteroatoms. The first-order valence-corrected chi connectivity index (χ1v) is 11.6. The Morgan fingerprint density at radius 3 is 0.875 bits per heavy atom. The van der Waals surface area contributed by atoms with Crippen molar-refractivity contribution in [1.82, 2.24) is 5.32 Å². The molecule has 0 radical (unpaired) electrons. The van der Waals surface area contributed by atoms with Crippen molar-refractivity contribution in [2.75, 3.05) is 13.6 Å². The van der Waals surface area contributed by atoms with Crippen molar-refractivity contribution in [1.29, 1.82) is 0 Å². The summed E-state index contributed by atoms with van der Waals surface area (Å²) in [5, 5.41) is 3.23. The van der Waals surface area contributed by atoms with Crippen LogP contribution < -0.4 is 5.32 Å². The Hall–Kier alpha value is -0.0400. The van der Waals surface area contributed by atoms with E-state index in [1.165, 1.54) is 135 Å². The van der Waals surface area contributed by atoms with Crippen molar-refractivity contribution in [3.8, 4) is 0 Å². The summed E-state index contributed by atoms with van der Waals surface area (Å²) in [6.45, 7) is 3.49. The molecule has 0 aliphatic heterocycles. The van der Waals surface area contributed by atoms with Crippen LogP contribution in [0.1, 0.15) is 135 Å². The molecule has 1 N–H and O–H groups in total. The summed E-state index contributed by atoms with van der Waals surface area (Å²) < 4.78 is 0. The van der Waals surface area contributed by atoms with E-state index in [0.29, 0.717) is 0 Å². The van der Waals surface area contributed by atoms with Gasteiger partial charge in [-0.25, -0.2) is 0 Å². The van der Waals surface area contributed by atoms with Crippen molar-refractivity contribution < 1.29 is 0 Å². The molecule has 0 aliphatic rings. The summed E-state index contributed by atoms with van der Waals surface area (Å²) in [5.41, 5.74) is 0. The third-order valence-electron chi connectivity index (χ3n) is 5.28. The van der Waals surface area contributed by atoms with Crippen LogP contribution in [0, 0.1) is 0 Å². The van der Waals surface area contributed by atoms with E-state index in [1.54, 1.807) is 0 Å². The molecule has 0 saturated heterocycles. The molecule has 1 nitrogen and oxygen atoms in total. The van der Waals surface area contributed by atoms with Crippen molar-refractivity contribution in [2.45, 2.75) is 135 Å². The molecule has 0 aromatic heterocycles. The first-order chi connectivity index (χ1) is 11.9. The Balaban J connectivity index is 2.93. The molecule has 0 heterocycles. The zero-order chi connectivity index (χ0) is 17.6. The topological polar surface area (TPSA) is 12.0 Å². The lowest BCUT2D eigenvalue weighted by Crippen LogP contribution is -2.06. The number of hydrogen-bond acceptors (Lipinski definition) is 1. The van der Waals surface area contributed by atoms with Crippen LogP contribution in [0.2, 0.25) is 0 Å². The van der Waals surface area contributed by atoms with Gasteiger partial charge in [-0.15, -0.1) is 0 Å². The third kappa shape index (κ3) is 22.0. The Morgan fingerprint density at radius 1 is 0.375 bits per heavy atom. The number of unbranched alkanes of at least 4 members (excludes halogenated alkanes) is 19. The van der Waals surface area contributed by atoms with Gasteiger partial charge in [-0.3, -0.25) is 0 Å². The van der Waals surface area contributed by atoms with Gasteiger partial charge in [0.15, 0.2) is 0 Å². The maximum Gasteiger partial charge on any atom is -0.00519 e. The average molecular weight is 340 g/mol. The van der Waals surface area contributed by atoms with Gasteiger partial charge in [0.1, 0.15) is 0 Å². The van der Waals surface area contributed by atoms with Gasteiger partial charge in [-0.2, -0.15) is 0 Å². The van der Waals surface area contributed by atoms with E-state index < -0.39 is 0 Å². The molecule has 0 amide bonds. The van der Waals surface area contributed by atoms with Crippen LogP contribution in [0.4, 0.5) is 0 Å². The number of hydrogen-bond donors (Lipinski definition) is 1. The third-order valence-corrected chi connectivity index (χ3v) is 5.28. The Morgan fingerprint density at radius 2 is 0.625 bits per heavy atom. The highest BCUT2D eigenvalue weighted by molar-refractivity contribution is 4.51. The van der Waals surface area contributed by atoms with Gasteiger partial charge in [-0.1, -0.05) is 129 Å². The molecule has 146 valence electrons. The number of rotatable bonds is 21. The Kier molecular flexibility index (Phi) is 22.9. The quantitative estimate of drug-likeness (QED) is 0.209. The van der Waals surface area contributed by atoms with Crippen molar-refractivity contribution in [3.05, 3.63) is 0 Å². The minimum atomic E-state index is 1.19. The monoisotopic (exact) mass is 339 g/mol. The summed E-state index contributed by atoms with van der Waals surface area (Å²) in [6, 6.07) is 0. The second kappa shape index (κ2) is 23.0. The van der Waals surface area contributed by atoms with Crippen LogP contribution in [-0.4, -0.2) is 13.6 Å². The molecule has 24 heavy (non-hydrogen) atoms. The van der Waals surface area contributed by atoms with Gasteiger partial charge < -0.3 is 5.32 Å². The molecule has 0 aromatic carbocycles. The van der Waals surface area contributed by atoms with E-state index >= 15 is 0 Å². The SMILES string of the molecule is CCCCCCCCCCCCCCCCCCCCCCNC. The molecule has 0 spiro atoms. The van der Waals surface area contributed by atoms with Gasteiger partial charge >= 0.3 is 0 Å². The Bertz CT molecular complexity index is 180. The predicted octanol–water partition coefficient (Wildman–Crippen LogP) is 8.03. The summed E-state index contributed by atoms with van der Waals surface area (Å²) in [4.78, 5) is 0. The maximum absolute atomic E-state index is 3.23. The smallest absolute Gasteiger partial charge is 0.00519 e. The molecule has 0 aliphatic carbocycles. The van der Waals surface area contributed by atoms with E-state index in [4.69, 9.17) is 0 Å². The van der Waals surface area contributed by atoms with Crippen LogP contribution in [-0.2, 0) is 0 Å². The summed E-state index contributed by atoms with van der Waals surface area (Å²) in [6.07, 6.45) is 29.2. The summed E-state index contributed by atoms with van der Waals surface area (Å²) >= 11 is 0. The van der Waals surface area contributed by atoms with E-state index in [9.17, 15) is 0 Å². The zero-order valence-electron chi connectivity index (χ0n) is 17.3. The van der Waals surface area contributed by atoms with Crippen LogP contribution in [0.15, 0.2) is 0 Å². The van der Waals surface area contributed by atoms with Gasteiger partial charge in [0.05, 0.1) is 0 Å². The molecule has 0 rings (SSSR count). The van der Waals surface area contributed by atoms with Crippen LogP contribution in [0.5, 0.6) is 0 Å². The molecular weight excluding hydrogens is 290 g/mol. The molecule has 0 saturated carbocycles. The van der Waals surface area contributed by atoms with Crippen molar-refractivity contribution >= 4 is 0 Å². The predicted molar refractivity (Wildman–Crippen MR) is 112 cm³/mol. The Labute approximate surface area is 154 Å². The average Bonchev–Trinajstić information content (AvgIpc) is 2.60. The summed E-state index contributed by atoms with van der Waals surface area (Å²) in [5.74, 6) is 0. The second-order valence-corrected chi connectivity index (χ2v) is 7.82. The lowest BCUT2D eigenvalue weighted by Gasteiger charge is -2.04. The fourth-order valence-corrected chi connectivity index (χ4v) is 3.56. The minimum Gasteiger partial charge on any atom is -0.320 e. The van der Waals surface area contributed by atoms with E-state index in [1.807, 2.05) is 0 Å². The zero-order valence-corrected chi connectivity index (χ0v) is 17.3. The lowest BCUT2D eigenvalue weighted by molar-refractivity contribution is 0.521. The highest BCUT2D eigenvalue weighted by Crippen LogP contribution is 2.14. The molecule has 0 fully saturated rings. The van der Waals surface area contributed by atoms with Gasteiger partial charge in [0, 0.05) is 0 Å². The van der Waals surface area contributed by atoms with E-state index in [0.717, 1.165) is 0 Å². The summed E-state index contributed by atoms with van der Waals surface area (Å²) in [7, 11) is 2.05. The maximum atomic E-state index is 3.23. The van der Waals surface area contributed by atoms with Gasteiger partial charge in [0.25, 0.3) is 0 Å². The molecule has 0 unspecified atom stereocenters. The molecule has 0 aromatic rings. The molecule has 0 atom stereocenters. The normalized spacial score (nSPS) is 11.2. The molecule has 0 bridgehead atoms. The van der Waals surface area contributed by atoms with Crippen molar-refractivity contribution in [3.63, 3.8) is 0 Å². The first kappa shape index (κ1) is 24.0. The molecular formula is C23H49N. The number of nitrogens with one attached hydrogen (secondary N) is 1. The van der Waals surface area contributed by atoms with Crippen LogP contribution in [0.3, 0.4) is 0 Å². The first-order valence-electron chi connectivity index (χ1n) is 11.6. The highest BCUT2D eigenvalue weighted by atomic mass is 14.8.